The molecular formula is C24H21F4N5O2. The second kappa shape index (κ2) is 8.73. The first-order chi connectivity index (χ1) is 16.7. The molecule has 0 bridgehead atoms. The Morgan fingerprint density at radius 2 is 1.89 bits per heavy atom. The van der Waals surface area contributed by atoms with Gasteiger partial charge in [0.2, 0.25) is 0 Å². The summed E-state index contributed by atoms with van der Waals surface area (Å²) in [6, 6.07) is 5.77. The van der Waals surface area contributed by atoms with E-state index in [9.17, 15) is 22.4 Å². The molecule has 1 aromatic carbocycles. The standard InChI is InChI=1S/C24H21F4N5O2/c1-15-10-19(25)20(30-23(34)16-2-4-33(14-16)24(26,27)28)12-18(15)17-11-21(31-6-8-35-9-7-31)22-29-3-5-32(22)13-17/h2-5,10-14H,6-9H2,1H3,(H,30,34). The Morgan fingerprint density at radius 3 is 2.60 bits per heavy atom. The number of morpholine rings is 1. The molecule has 7 nitrogen and oxygen atoms in total. The molecule has 0 saturated carbocycles. The Labute approximate surface area is 197 Å². The molecule has 0 spiro atoms. The summed E-state index contributed by atoms with van der Waals surface area (Å²) in [5, 5.41) is 2.40. The van der Waals surface area contributed by atoms with Crippen molar-refractivity contribution in [3.05, 3.63) is 72.2 Å². The lowest BCUT2D eigenvalue weighted by atomic mass is 10.00. The van der Waals surface area contributed by atoms with Crippen molar-refractivity contribution in [2.75, 3.05) is 36.5 Å². The van der Waals surface area contributed by atoms with Gasteiger partial charge in [0.15, 0.2) is 5.65 Å². The highest BCUT2D eigenvalue weighted by molar-refractivity contribution is 6.04. The van der Waals surface area contributed by atoms with Crippen LogP contribution in [0, 0.1) is 12.7 Å². The highest BCUT2D eigenvalue weighted by Gasteiger charge is 2.30. The third-order valence-corrected chi connectivity index (χ3v) is 5.94. The minimum absolute atomic E-state index is 0.0354. The predicted molar refractivity (Wildman–Crippen MR) is 122 cm³/mol. The summed E-state index contributed by atoms with van der Waals surface area (Å²) in [4.78, 5) is 19.2. The molecule has 182 valence electrons. The van der Waals surface area contributed by atoms with E-state index in [0.717, 1.165) is 29.2 Å². The van der Waals surface area contributed by atoms with Gasteiger partial charge >= 0.3 is 6.30 Å². The van der Waals surface area contributed by atoms with Crippen molar-refractivity contribution in [3.63, 3.8) is 0 Å². The van der Waals surface area contributed by atoms with Crippen LogP contribution in [-0.2, 0) is 11.0 Å². The smallest absolute Gasteiger partial charge is 0.378 e. The second-order valence-electron chi connectivity index (χ2n) is 8.25. The number of fused-ring (bicyclic) bond motifs is 1. The number of nitrogens with zero attached hydrogens (tertiary/aromatic N) is 4. The number of anilines is 2. The van der Waals surface area contributed by atoms with Gasteiger partial charge in [-0.2, -0.15) is 0 Å². The number of halogens is 4. The molecule has 4 aromatic rings. The highest BCUT2D eigenvalue weighted by Crippen LogP contribution is 2.33. The first-order valence-corrected chi connectivity index (χ1v) is 10.9. The first kappa shape index (κ1) is 22.9. The van der Waals surface area contributed by atoms with E-state index >= 15 is 0 Å². The van der Waals surface area contributed by atoms with Crippen LogP contribution < -0.4 is 10.2 Å². The maximum atomic E-state index is 14.8. The van der Waals surface area contributed by atoms with Crippen LogP contribution in [0.15, 0.2) is 55.2 Å². The molecule has 5 rings (SSSR count). The van der Waals surface area contributed by atoms with Crippen LogP contribution in [0.4, 0.5) is 28.9 Å². The van der Waals surface area contributed by atoms with Crippen LogP contribution in [-0.4, -0.2) is 46.2 Å². The number of rotatable bonds is 4. The molecule has 0 radical (unpaired) electrons. The van der Waals surface area contributed by atoms with E-state index in [1.54, 1.807) is 13.1 Å². The van der Waals surface area contributed by atoms with Crippen LogP contribution in [0.3, 0.4) is 0 Å². The van der Waals surface area contributed by atoms with Gasteiger partial charge in [0.05, 0.1) is 30.2 Å². The molecule has 35 heavy (non-hydrogen) atoms. The molecule has 1 N–H and O–H groups in total. The van der Waals surface area contributed by atoms with Crippen LogP contribution in [0.1, 0.15) is 15.9 Å². The molecule has 1 fully saturated rings. The maximum Gasteiger partial charge on any atom is 0.488 e. The van der Waals surface area contributed by atoms with Crippen molar-refractivity contribution < 1.29 is 27.1 Å². The molecule has 1 saturated heterocycles. The second-order valence-corrected chi connectivity index (χ2v) is 8.25. The Kier molecular flexibility index (Phi) is 5.72. The van der Waals surface area contributed by atoms with Crippen LogP contribution >= 0.6 is 0 Å². The maximum absolute atomic E-state index is 14.8. The average Bonchev–Trinajstić information content (AvgIpc) is 3.50. The van der Waals surface area contributed by atoms with Gasteiger partial charge in [0.25, 0.3) is 5.91 Å². The molecule has 0 atom stereocenters. The number of imidazole rings is 1. The molecule has 4 heterocycles. The number of ether oxygens (including phenoxy) is 1. The van der Waals surface area contributed by atoms with Gasteiger partial charge in [0.1, 0.15) is 5.82 Å². The molecule has 0 aliphatic carbocycles. The van der Waals surface area contributed by atoms with Crippen LogP contribution in [0.2, 0.25) is 0 Å². The van der Waals surface area contributed by atoms with Crippen LogP contribution in [0.25, 0.3) is 16.8 Å². The number of alkyl halides is 3. The number of pyridine rings is 1. The van der Waals surface area contributed by atoms with E-state index in [1.165, 1.54) is 12.1 Å². The fourth-order valence-electron chi connectivity index (χ4n) is 4.16. The quantitative estimate of drug-likeness (QED) is 0.420. The van der Waals surface area contributed by atoms with Crippen molar-refractivity contribution in [2.24, 2.45) is 0 Å². The number of amides is 1. The predicted octanol–water partition coefficient (Wildman–Crippen LogP) is 4.82. The molecule has 1 amide bonds. The minimum Gasteiger partial charge on any atom is -0.378 e. The lowest BCUT2D eigenvalue weighted by Gasteiger charge is -2.29. The summed E-state index contributed by atoms with van der Waals surface area (Å²) in [5.41, 5.74) is 3.38. The normalized spacial score (nSPS) is 14.5. The molecule has 3 aromatic heterocycles. The number of hydrogen-bond acceptors (Lipinski definition) is 4. The first-order valence-electron chi connectivity index (χ1n) is 10.9. The average molecular weight is 487 g/mol. The van der Waals surface area contributed by atoms with E-state index in [1.807, 2.05) is 22.9 Å². The fraction of sp³-hybridized carbons (Fsp3) is 0.250. The zero-order valence-electron chi connectivity index (χ0n) is 18.6. The number of carbonyl (C=O) groups is 1. The van der Waals surface area contributed by atoms with Gasteiger partial charge in [-0.25, -0.2) is 9.37 Å². The molecular weight excluding hydrogens is 466 g/mol. The number of nitrogens with one attached hydrogen (secondary N) is 1. The van der Waals surface area contributed by atoms with E-state index in [0.29, 0.717) is 43.6 Å². The number of aromatic nitrogens is 3. The van der Waals surface area contributed by atoms with E-state index in [2.05, 4.69) is 15.2 Å². The lowest BCUT2D eigenvalue weighted by molar-refractivity contribution is -0.203. The third kappa shape index (κ3) is 4.46. The monoisotopic (exact) mass is 487 g/mol. The van der Waals surface area contributed by atoms with Gasteiger partial charge in [-0.3, -0.25) is 9.36 Å². The van der Waals surface area contributed by atoms with Gasteiger partial charge in [0, 0.05) is 49.6 Å². The number of aryl methyl sites for hydroxylation is 1. The summed E-state index contributed by atoms with van der Waals surface area (Å²) >= 11 is 0. The van der Waals surface area contributed by atoms with E-state index in [-0.39, 0.29) is 15.8 Å². The van der Waals surface area contributed by atoms with Gasteiger partial charge < -0.3 is 19.4 Å². The summed E-state index contributed by atoms with van der Waals surface area (Å²) in [7, 11) is 0. The zero-order chi connectivity index (χ0) is 24.7. The third-order valence-electron chi connectivity index (χ3n) is 5.94. The summed E-state index contributed by atoms with van der Waals surface area (Å²) in [6.07, 6.45) is 2.12. The van der Waals surface area contributed by atoms with Crippen LogP contribution in [0.5, 0.6) is 0 Å². The molecule has 0 unspecified atom stereocenters. The summed E-state index contributed by atoms with van der Waals surface area (Å²) < 4.78 is 60.6. The van der Waals surface area contributed by atoms with Gasteiger partial charge in [-0.15, -0.1) is 13.2 Å². The van der Waals surface area contributed by atoms with Gasteiger partial charge in [-0.1, -0.05) is 0 Å². The topological polar surface area (TPSA) is 63.8 Å². The Bertz CT molecular complexity index is 1400. The number of carbonyl (C=O) groups excluding carboxylic acids is 1. The Hall–Kier alpha value is -3.86. The minimum atomic E-state index is -4.65. The van der Waals surface area contributed by atoms with Gasteiger partial charge in [-0.05, 0) is 42.3 Å². The zero-order valence-corrected chi connectivity index (χ0v) is 18.6. The molecule has 1 aliphatic heterocycles. The Morgan fingerprint density at radius 1 is 1.11 bits per heavy atom. The Balaban J connectivity index is 1.51. The van der Waals surface area contributed by atoms with Crippen molar-refractivity contribution in [2.45, 2.75) is 13.2 Å². The molecule has 1 aliphatic rings. The SMILES string of the molecule is Cc1cc(F)c(NC(=O)c2ccn(C(F)(F)F)c2)cc1-c1cc(N2CCOCC2)c2nccn2c1. The number of hydrogen-bond donors (Lipinski definition) is 1. The fourth-order valence-corrected chi connectivity index (χ4v) is 4.16. The van der Waals surface area contributed by atoms with Crippen molar-refractivity contribution >= 4 is 22.9 Å². The van der Waals surface area contributed by atoms with Crippen molar-refractivity contribution in [3.8, 4) is 11.1 Å². The largest absolute Gasteiger partial charge is 0.488 e. The lowest BCUT2D eigenvalue weighted by Crippen LogP contribution is -2.36. The van der Waals surface area contributed by atoms with E-state index in [4.69, 9.17) is 4.74 Å². The molecule has 11 heteroatoms. The highest BCUT2D eigenvalue weighted by atomic mass is 19.4. The van der Waals surface area contributed by atoms with E-state index < -0.39 is 18.0 Å². The van der Waals surface area contributed by atoms with Crippen molar-refractivity contribution in [1.82, 2.24) is 14.0 Å². The summed E-state index contributed by atoms with van der Waals surface area (Å²) in [6.45, 7) is 4.35. The van der Waals surface area contributed by atoms with Crippen molar-refractivity contribution in [1.29, 1.82) is 0 Å². The summed E-state index contributed by atoms with van der Waals surface area (Å²) in [5.74, 6) is -1.53. The number of benzene rings is 1.